The fourth-order valence-electron chi connectivity index (χ4n) is 1.79. The van der Waals surface area contributed by atoms with E-state index in [0.717, 1.165) is 0 Å². The second kappa shape index (κ2) is 8.40. The van der Waals surface area contributed by atoms with Crippen molar-refractivity contribution < 1.29 is 13.4 Å². The van der Waals surface area contributed by atoms with Crippen LogP contribution in [0.15, 0.2) is 22.7 Å². The van der Waals surface area contributed by atoms with Crippen LogP contribution in [0.3, 0.4) is 0 Å². The first-order valence-corrected chi connectivity index (χ1v) is 13.3. The van der Waals surface area contributed by atoms with Gasteiger partial charge in [-0.2, -0.15) is 0 Å². The van der Waals surface area contributed by atoms with E-state index >= 15 is 0 Å². The van der Waals surface area contributed by atoms with Gasteiger partial charge >= 0.3 is 0 Å². The Morgan fingerprint density at radius 1 is 1.24 bits per heavy atom. The molecule has 0 saturated heterocycles. The minimum atomic E-state index is -2.00. The van der Waals surface area contributed by atoms with Crippen LogP contribution in [0.25, 0.3) is 0 Å². The molecular formula is C18H31BrFNO2SSi. The summed E-state index contributed by atoms with van der Waals surface area (Å²) in [5.74, 6) is -0.336. The van der Waals surface area contributed by atoms with E-state index in [4.69, 9.17) is 4.43 Å². The summed E-state index contributed by atoms with van der Waals surface area (Å²) in [5, 5.41) is 0.0546. The maximum absolute atomic E-state index is 14.5. The van der Waals surface area contributed by atoms with Crippen molar-refractivity contribution in [3.8, 4) is 0 Å². The maximum atomic E-state index is 14.5. The van der Waals surface area contributed by atoms with Crippen LogP contribution >= 0.6 is 15.9 Å². The van der Waals surface area contributed by atoms with Crippen molar-refractivity contribution in [1.82, 2.24) is 4.72 Å². The van der Waals surface area contributed by atoms with Crippen LogP contribution in [-0.2, 0) is 15.8 Å². The van der Waals surface area contributed by atoms with Gasteiger partial charge in [0.05, 0.1) is 6.61 Å². The average Bonchev–Trinajstić information content (AvgIpc) is 2.41. The lowest BCUT2D eigenvalue weighted by atomic mass is 10.1. The number of nitrogens with one attached hydrogen (secondary N) is 1. The molecule has 2 atom stereocenters. The molecule has 25 heavy (non-hydrogen) atoms. The van der Waals surface area contributed by atoms with Crippen molar-refractivity contribution in [2.24, 2.45) is 0 Å². The molecule has 1 N–H and O–H groups in total. The Hall–Kier alpha value is 0.0769. The van der Waals surface area contributed by atoms with E-state index in [0.29, 0.717) is 10.0 Å². The first-order chi connectivity index (χ1) is 11.1. The second-order valence-electron chi connectivity index (χ2n) is 8.79. The molecule has 0 unspecified atom stereocenters. The second-order valence-corrected chi connectivity index (χ2v) is 16.5. The van der Waals surface area contributed by atoms with Gasteiger partial charge in [-0.15, -0.1) is 4.72 Å². The molecule has 1 aromatic rings. The van der Waals surface area contributed by atoms with E-state index in [1.54, 1.807) is 12.1 Å². The monoisotopic (exact) mass is 451 g/mol. The zero-order valence-electron chi connectivity index (χ0n) is 16.5. The fraction of sp³-hybridized carbons (Fsp3) is 0.667. The quantitative estimate of drug-likeness (QED) is 0.445. The Balaban J connectivity index is 3.07. The van der Waals surface area contributed by atoms with Gasteiger partial charge in [0.1, 0.15) is 16.6 Å². The fourth-order valence-corrected chi connectivity index (χ4v) is 3.94. The summed E-state index contributed by atoms with van der Waals surface area (Å²) >= 11 is 1.96. The lowest BCUT2D eigenvalue weighted by Gasteiger charge is -2.37. The van der Waals surface area contributed by atoms with Gasteiger partial charge in [-0.3, -0.25) is 0 Å². The average molecular weight is 453 g/mol. The van der Waals surface area contributed by atoms with E-state index < -0.39 is 30.5 Å². The van der Waals surface area contributed by atoms with Crippen LogP contribution in [0, 0.1) is 5.82 Å². The standard InChI is InChI=1S/C18H31BrFNO2SSi/c1-17(2,3)24(22)21-16(12-23-25(7,8)18(4,5)6)14-10-9-13(19)11-15(14)20/h9-11,16,21H,12H2,1-8H3/t16-,24+/m1/s1. The Kier molecular flexibility index (Phi) is 7.76. The highest BCUT2D eigenvalue weighted by Crippen LogP contribution is 2.37. The van der Waals surface area contributed by atoms with Crippen molar-refractivity contribution in [3.05, 3.63) is 34.1 Å². The molecule has 0 amide bonds. The molecule has 0 saturated carbocycles. The van der Waals surface area contributed by atoms with Crippen LogP contribution in [0.1, 0.15) is 53.1 Å². The van der Waals surface area contributed by atoms with E-state index in [1.807, 2.05) is 20.8 Å². The van der Waals surface area contributed by atoms with Crippen molar-refractivity contribution >= 4 is 35.6 Å². The van der Waals surface area contributed by atoms with E-state index in [9.17, 15) is 8.94 Å². The summed E-state index contributed by atoms with van der Waals surface area (Å²) in [5.41, 5.74) is 0.472. The summed E-state index contributed by atoms with van der Waals surface area (Å²) in [6.07, 6.45) is 0. The maximum Gasteiger partial charge on any atom is 0.192 e. The van der Waals surface area contributed by atoms with Gasteiger partial charge in [-0.1, -0.05) is 42.8 Å². The normalized spacial score (nSPS) is 16.0. The highest BCUT2D eigenvalue weighted by Gasteiger charge is 2.39. The molecule has 0 aliphatic rings. The summed E-state index contributed by atoms with van der Waals surface area (Å²) in [6.45, 7) is 16.8. The third-order valence-electron chi connectivity index (χ3n) is 4.56. The van der Waals surface area contributed by atoms with E-state index in [-0.39, 0.29) is 17.5 Å². The molecule has 0 heterocycles. The number of halogens is 2. The molecule has 7 heteroatoms. The predicted molar refractivity (Wildman–Crippen MR) is 111 cm³/mol. The number of hydrogen-bond acceptors (Lipinski definition) is 3. The summed E-state index contributed by atoms with van der Waals surface area (Å²) < 4.78 is 36.6. The molecule has 0 aromatic heterocycles. The zero-order chi connectivity index (χ0) is 19.6. The molecule has 3 nitrogen and oxygen atoms in total. The third kappa shape index (κ3) is 6.63. The smallest absolute Gasteiger partial charge is 0.192 e. The van der Waals surface area contributed by atoms with Crippen molar-refractivity contribution in [1.29, 1.82) is 0 Å². The molecule has 0 bridgehead atoms. The first kappa shape index (κ1) is 23.1. The van der Waals surface area contributed by atoms with Crippen LogP contribution in [0.5, 0.6) is 0 Å². The zero-order valence-corrected chi connectivity index (χ0v) is 19.9. The third-order valence-corrected chi connectivity index (χ3v) is 11.2. The largest absolute Gasteiger partial charge is 0.598 e. The molecule has 0 radical (unpaired) electrons. The van der Waals surface area contributed by atoms with Crippen molar-refractivity contribution in [3.63, 3.8) is 0 Å². The van der Waals surface area contributed by atoms with E-state index in [2.05, 4.69) is 54.5 Å². The van der Waals surface area contributed by atoms with Gasteiger partial charge in [0, 0.05) is 21.4 Å². The molecular weight excluding hydrogens is 421 g/mol. The van der Waals surface area contributed by atoms with Crippen LogP contribution in [0.4, 0.5) is 4.39 Å². The molecule has 1 rings (SSSR count). The molecule has 144 valence electrons. The summed E-state index contributed by atoms with van der Waals surface area (Å²) in [7, 11) is -2.00. The molecule has 0 aliphatic heterocycles. The Morgan fingerprint density at radius 2 is 1.80 bits per heavy atom. The van der Waals surface area contributed by atoms with Crippen LogP contribution < -0.4 is 4.72 Å². The predicted octanol–water partition coefficient (Wildman–Crippen LogP) is 5.70. The summed E-state index contributed by atoms with van der Waals surface area (Å²) in [6, 6.07) is 4.46. The lowest BCUT2D eigenvalue weighted by molar-refractivity contribution is 0.253. The minimum Gasteiger partial charge on any atom is -0.598 e. The number of hydrogen-bond donors (Lipinski definition) is 1. The molecule has 0 aliphatic carbocycles. The topological polar surface area (TPSA) is 44.3 Å². The Bertz CT molecular complexity index is 587. The van der Waals surface area contributed by atoms with Crippen LogP contribution in [-0.4, -0.2) is 24.2 Å². The SMILES string of the molecule is CC(C)(C)[S@+]([O-])N[C@H](CO[Si](C)(C)C(C)(C)C)c1ccc(Br)cc1F. The molecule has 0 spiro atoms. The van der Waals surface area contributed by atoms with Crippen LogP contribution in [0.2, 0.25) is 18.1 Å². The lowest BCUT2D eigenvalue weighted by Crippen LogP contribution is -2.46. The van der Waals surface area contributed by atoms with Gasteiger partial charge in [-0.05, 0) is 51.0 Å². The van der Waals surface area contributed by atoms with Gasteiger partial charge in [0.15, 0.2) is 8.32 Å². The summed E-state index contributed by atoms with van der Waals surface area (Å²) in [4.78, 5) is 0. The van der Waals surface area contributed by atoms with Crippen molar-refractivity contribution in [2.45, 2.75) is 70.5 Å². The van der Waals surface area contributed by atoms with Gasteiger partial charge in [0.25, 0.3) is 0 Å². The highest BCUT2D eigenvalue weighted by atomic mass is 79.9. The number of benzene rings is 1. The first-order valence-electron chi connectivity index (χ1n) is 8.42. The van der Waals surface area contributed by atoms with Gasteiger partial charge < -0.3 is 8.98 Å². The Labute approximate surface area is 164 Å². The molecule has 1 aromatic carbocycles. The van der Waals surface area contributed by atoms with Gasteiger partial charge in [-0.25, -0.2) is 4.39 Å². The number of rotatable bonds is 6. The highest BCUT2D eigenvalue weighted by molar-refractivity contribution is 9.10. The Morgan fingerprint density at radius 3 is 2.24 bits per heavy atom. The van der Waals surface area contributed by atoms with Crippen molar-refractivity contribution in [2.75, 3.05) is 6.61 Å². The molecule has 0 fully saturated rings. The van der Waals surface area contributed by atoms with E-state index in [1.165, 1.54) is 6.07 Å². The van der Waals surface area contributed by atoms with Gasteiger partial charge in [0.2, 0.25) is 0 Å². The minimum absolute atomic E-state index is 0.0546.